The van der Waals surface area contributed by atoms with Gasteiger partial charge in [0.15, 0.2) is 12.1 Å². The Morgan fingerprint density at radius 3 is 1.86 bits per heavy atom. The number of hydrogen-bond donors (Lipinski definition) is 0. The van der Waals surface area contributed by atoms with E-state index in [9.17, 15) is 9.59 Å². The summed E-state index contributed by atoms with van der Waals surface area (Å²) in [6.45, 7) is 4.15. The van der Waals surface area contributed by atoms with Crippen molar-refractivity contribution in [1.29, 1.82) is 0 Å². The third-order valence-electron chi connectivity index (χ3n) is 7.71. The van der Waals surface area contributed by atoms with Gasteiger partial charge >= 0.3 is 0 Å². The maximum Gasteiger partial charge on any atom is 0.209 e. The van der Waals surface area contributed by atoms with Crippen molar-refractivity contribution in [3.63, 3.8) is 0 Å². The minimum atomic E-state index is 0.209. The fourth-order valence-corrected chi connectivity index (χ4v) is 5.38. The van der Waals surface area contributed by atoms with Gasteiger partial charge in [-0.3, -0.25) is 14.5 Å². The van der Waals surface area contributed by atoms with Crippen LogP contribution in [0.4, 0.5) is 0 Å². The van der Waals surface area contributed by atoms with E-state index in [0.717, 1.165) is 72.7 Å². The number of aldehydes is 1. The quantitative estimate of drug-likeness (QED) is 0.221. The van der Waals surface area contributed by atoms with Gasteiger partial charge in [-0.2, -0.15) is 0 Å². The van der Waals surface area contributed by atoms with Crippen LogP contribution in [-0.2, 0) is 11.3 Å². The highest BCUT2D eigenvalue weighted by atomic mass is 16.1. The summed E-state index contributed by atoms with van der Waals surface area (Å²) in [5, 5.41) is 4.79. The van der Waals surface area contributed by atoms with Crippen LogP contribution in [0.15, 0.2) is 109 Å². The van der Waals surface area contributed by atoms with Crippen molar-refractivity contribution >= 4 is 34.2 Å². The van der Waals surface area contributed by atoms with E-state index in [-0.39, 0.29) is 5.82 Å². The van der Waals surface area contributed by atoms with Crippen molar-refractivity contribution in [3.8, 4) is 22.5 Å². The van der Waals surface area contributed by atoms with Gasteiger partial charge in [-0.1, -0.05) is 72.8 Å². The van der Waals surface area contributed by atoms with Gasteiger partial charge < -0.3 is 4.90 Å². The Kier molecular flexibility index (Phi) is 8.99. The van der Waals surface area contributed by atoms with Crippen LogP contribution in [0.2, 0.25) is 0 Å². The predicted octanol–water partition coefficient (Wildman–Crippen LogP) is 6.07. The molecule has 4 aromatic carbocycles. The SMILES string of the molecule is O=CN1CCCN(Cc2nccc(-c3ccc4ccccc4c3)n2)CC1.O=Cc1nccc(-c2ccc3ccccc3c2)n1. The molecule has 0 bridgehead atoms. The third-order valence-corrected chi connectivity index (χ3v) is 7.71. The molecule has 8 nitrogen and oxygen atoms in total. The van der Waals surface area contributed by atoms with Gasteiger partial charge in [0.25, 0.3) is 0 Å². The minimum absolute atomic E-state index is 0.209. The van der Waals surface area contributed by atoms with E-state index in [1.807, 2.05) is 41.4 Å². The van der Waals surface area contributed by atoms with Crippen LogP contribution < -0.4 is 0 Å². The van der Waals surface area contributed by atoms with Crippen LogP contribution in [0.5, 0.6) is 0 Å². The van der Waals surface area contributed by atoms with Gasteiger partial charge in [-0.05, 0) is 52.2 Å². The highest BCUT2D eigenvalue weighted by molar-refractivity contribution is 5.87. The van der Waals surface area contributed by atoms with Crippen molar-refractivity contribution in [2.45, 2.75) is 13.0 Å². The molecule has 1 aliphatic heterocycles. The first-order valence-corrected chi connectivity index (χ1v) is 14.7. The van der Waals surface area contributed by atoms with Crippen molar-refractivity contribution in [2.24, 2.45) is 0 Å². The molecular formula is C36H32N6O2. The highest BCUT2D eigenvalue weighted by Gasteiger charge is 2.15. The van der Waals surface area contributed by atoms with E-state index in [0.29, 0.717) is 12.8 Å². The summed E-state index contributed by atoms with van der Waals surface area (Å²) < 4.78 is 0. The molecule has 0 unspecified atom stereocenters. The number of hydrogen-bond acceptors (Lipinski definition) is 7. The number of amides is 1. The molecule has 0 saturated carbocycles. The lowest BCUT2D eigenvalue weighted by Gasteiger charge is -2.19. The summed E-state index contributed by atoms with van der Waals surface area (Å²) in [4.78, 5) is 43.1. The van der Waals surface area contributed by atoms with Gasteiger partial charge in [0, 0.05) is 49.7 Å². The lowest BCUT2D eigenvalue weighted by atomic mass is 10.1. The average molecular weight is 581 g/mol. The number of fused-ring (bicyclic) bond motifs is 2. The van der Waals surface area contributed by atoms with Crippen molar-refractivity contribution in [2.75, 3.05) is 26.2 Å². The summed E-state index contributed by atoms with van der Waals surface area (Å²) in [7, 11) is 0. The standard InChI is InChI=1S/C21H22N4O.C15H10N2O/c26-16-25-11-3-10-24(12-13-25)15-21-22-9-8-20(23-21)19-7-6-17-4-1-2-5-18(17)14-19;18-10-15-16-8-7-14(17-15)13-6-5-11-3-1-2-4-12(11)9-13/h1-2,4-9,14,16H,3,10-13,15H2;1-10H. The van der Waals surface area contributed by atoms with Crippen LogP contribution in [0, 0.1) is 0 Å². The molecule has 6 aromatic rings. The van der Waals surface area contributed by atoms with Crippen LogP contribution >= 0.6 is 0 Å². The predicted molar refractivity (Wildman–Crippen MR) is 173 cm³/mol. The van der Waals surface area contributed by atoms with Crippen molar-refractivity contribution in [1.82, 2.24) is 29.7 Å². The van der Waals surface area contributed by atoms with E-state index in [1.54, 1.807) is 12.3 Å². The first-order valence-electron chi connectivity index (χ1n) is 14.7. The molecule has 0 atom stereocenters. The van der Waals surface area contributed by atoms with E-state index in [2.05, 4.69) is 80.5 Å². The Morgan fingerprint density at radius 2 is 1.23 bits per heavy atom. The second-order valence-corrected chi connectivity index (χ2v) is 10.7. The molecule has 3 heterocycles. The molecule has 0 N–H and O–H groups in total. The Balaban J connectivity index is 0.000000167. The van der Waals surface area contributed by atoms with E-state index in [4.69, 9.17) is 4.98 Å². The van der Waals surface area contributed by atoms with E-state index in [1.165, 1.54) is 16.2 Å². The van der Waals surface area contributed by atoms with Crippen LogP contribution in [0.3, 0.4) is 0 Å². The number of benzene rings is 4. The average Bonchev–Trinajstić information content (AvgIpc) is 3.33. The maximum absolute atomic E-state index is 11.0. The molecule has 1 fully saturated rings. The molecule has 1 aliphatic rings. The molecule has 0 radical (unpaired) electrons. The van der Waals surface area contributed by atoms with Gasteiger partial charge in [-0.15, -0.1) is 0 Å². The molecule has 7 rings (SSSR count). The Bertz CT molecular complexity index is 1910. The molecule has 0 aliphatic carbocycles. The molecule has 2 aromatic heterocycles. The summed E-state index contributed by atoms with van der Waals surface area (Å²) in [6.07, 6.45) is 6.03. The Hall–Kier alpha value is -5.34. The van der Waals surface area contributed by atoms with Gasteiger partial charge in [0.05, 0.1) is 17.9 Å². The molecule has 8 heteroatoms. The van der Waals surface area contributed by atoms with Crippen LogP contribution in [0.1, 0.15) is 22.9 Å². The molecule has 218 valence electrons. The molecule has 1 amide bonds. The second kappa shape index (κ2) is 13.8. The lowest BCUT2D eigenvalue weighted by Crippen LogP contribution is -2.30. The van der Waals surface area contributed by atoms with Gasteiger partial charge in [0.2, 0.25) is 6.41 Å². The number of carbonyl (C=O) groups is 2. The summed E-state index contributed by atoms with van der Waals surface area (Å²) in [5.41, 5.74) is 3.80. The highest BCUT2D eigenvalue weighted by Crippen LogP contribution is 2.24. The van der Waals surface area contributed by atoms with E-state index < -0.39 is 0 Å². The fourth-order valence-electron chi connectivity index (χ4n) is 5.38. The first kappa shape index (κ1) is 28.8. The Labute approximate surface area is 256 Å². The third kappa shape index (κ3) is 6.99. The number of aromatic nitrogens is 4. The summed E-state index contributed by atoms with van der Waals surface area (Å²) in [6, 6.07) is 32.8. The van der Waals surface area contributed by atoms with Crippen LogP contribution in [0.25, 0.3) is 44.1 Å². The smallest absolute Gasteiger partial charge is 0.209 e. The van der Waals surface area contributed by atoms with Crippen molar-refractivity contribution in [3.05, 3.63) is 121 Å². The van der Waals surface area contributed by atoms with Crippen molar-refractivity contribution < 1.29 is 9.59 Å². The zero-order chi connectivity index (χ0) is 30.1. The molecule has 0 spiro atoms. The first-order chi connectivity index (χ1) is 21.7. The van der Waals surface area contributed by atoms with Gasteiger partial charge in [0.1, 0.15) is 5.82 Å². The summed E-state index contributed by atoms with van der Waals surface area (Å²) in [5.74, 6) is 1.04. The molecule has 1 saturated heterocycles. The largest absolute Gasteiger partial charge is 0.344 e. The van der Waals surface area contributed by atoms with Crippen LogP contribution in [-0.4, -0.2) is 68.6 Å². The monoisotopic (exact) mass is 580 g/mol. The number of rotatable bonds is 6. The van der Waals surface area contributed by atoms with Gasteiger partial charge in [-0.25, -0.2) is 19.9 Å². The van der Waals surface area contributed by atoms with E-state index >= 15 is 0 Å². The zero-order valence-corrected chi connectivity index (χ0v) is 24.3. The second-order valence-electron chi connectivity index (χ2n) is 10.7. The fraction of sp³-hybridized carbons (Fsp3) is 0.167. The molecular weight excluding hydrogens is 548 g/mol. The normalized spacial score (nSPS) is 13.6. The zero-order valence-electron chi connectivity index (χ0n) is 24.3. The summed E-state index contributed by atoms with van der Waals surface area (Å²) >= 11 is 0. The minimum Gasteiger partial charge on any atom is -0.344 e. The Morgan fingerprint density at radius 1 is 0.614 bits per heavy atom. The molecule has 44 heavy (non-hydrogen) atoms. The lowest BCUT2D eigenvalue weighted by molar-refractivity contribution is -0.118. The number of nitrogens with zero attached hydrogens (tertiary/aromatic N) is 6. The number of carbonyl (C=O) groups excluding carboxylic acids is 2. The maximum atomic E-state index is 11.0. The topological polar surface area (TPSA) is 92.2 Å².